The van der Waals surface area contributed by atoms with Crippen molar-refractivity contribution in [2.45, 2.75) is 0 Å². The molecule has 0 radical (unpaired) electrons. The molecule has 1 rings (SSSR count). The maximum Gasteiger partial charge on any atom is 0.173 e. The molecule has 0 bridgehead atoms. The Morgan fingerprint density at radius 2 is 2.07 bits per heavy atom. The van der Waals surface area contributed by atoms with Crippen LogP contribution in [-0.4, -0.2) is 26.4 Å². The Balaban J connectivity index is 2.37. The van der Waals surface area contributed by atoms with Crippen LogP contribution in [0.3, 0.4) is 0 Å². The van der Waals surface area contributed by atoms with Gasteiger partial charge in [-0.05, 0) is 12.1 Å². The Kier molecular flexibility index (Phi) is 5.39. The minimum absolute atomic E-state index is 0.0653. The van der Waals surface area contributed by atoms with Gasteiger partial charge in [0.15, 0.2) is 11.6 Å². The highest BCUT2D eigenvalue weighted by Crippen LogP contribution is 2.26. The first-order valence-corrected chi connectivity index (χ1v) is 4.98. The summed E-state index contributed by atoms with van der Waals surface area (Å²) in [7, 11) is 0. The molecular formula is C10H13ClFNO2. The lowest BCUT2D eigenvalue weighted by molar-refractivity contribution is 0.104. The zero-order valence-electron chi connectivity index (χ0n) is 8.21. The largest absolute Gasteiger partial charge is 0.487 e. The van der Waals surface area contributed by atoms with Crippen molar-refractivity contribution in [1.82, 2.24) is 0 Å². The monoisotopic (exact) mass is 233 g/mol. The molecule has 5 heteroatoms. The van der Waals surface area contributed by atoms with Crippen LogP contribution < -0.4 is 10.5 Å². The van der Waals surface area contributed by atoms with Crippen LogP contribution in [0.5, 0.6) is 5.75 Å². The van der Waals surface area contributed by atoms with E-state index in [1.165, 1.54) is 12.1 Å². The van der Waals surface area contributed by atoms with E-state index in [0.29, 0.717) is 19.8 Å². The number of para-hydroxylation sites is 1. The first-order chi connectivity index (χ1) is 7.25. The highest BCUT2D eigenvalue weighted by molar-refractivity contribution is 6.32. The molecule has 0 aliphatic rings. The van der Waals surface area contributed by atoms with Gasteiger partial charge < -0.3 is 15.2 Å². The lowest BCUT2D eigenvalue weighted by Crippen LogP contribution is -2.13. The molecule has 1 aromatic rings. The van der Waals surface area contributed by atoms with Gasteiger partial charge in [-0.3, -0.25) is 0 Å². The SMILES string of the molecule is NCCOCCOc1c(F)cccc1Cl. The third-order valence-electron chi connectivity index (χ3n) is 1.66. The van der Waals surface area contributed by atoms with Crippen LogP contribution in [0.15, 0.2) is 18.2 Å². The second-order valence-electron chi connectivity index (χ2n) is 2.80. The third-order valence-corrected chi connectivity index (χ3v) is 1.95. The molecule has 0 spiro atoms. The molecule has 0 atom stereocenters. The number of hydrogen-bond acceptors (Lipinski definition) is 3. The maximum absolute atomic E-state index is 13.2. The molecule has 1 aromatic carbocycles. The van der Waals surface area contributed by atoms with Gasteiger partial charge in [0.05, 0.1) is 18.2 Å². The quantitative estimate of drug-likeness (QED) is 0.763. The van der Waals surface area contributed by atoms with E-state index in [-0.39, 0.29) is 17.4 Å². The number of hydrogen-bond donors (Lipinski definition) is 1. The van der Waals surface area contributed by atoms with E-state index in [1.54, 1.807) is 6.07 Å². The van der Waals surface area contributed by atoms with Crippen LogP contribution in [0, 0.1) is 5.82 Å². The van der Waals surface area contributed by atoms with Crippen LogP contribution in [-0.2, 0) is 4.74 Å². The lowest BCUT2D eigenvalue weighted by atomic mass is 10.3. The van der Waals surface area contributed by atoms with Crippen molar-refractivity contribution in [2.75, 3.05) is 26.4 Å². The fourth-order valence-electron chi connectivity index (χ4n) is 1.01. The second-order valence-corrected chi connectivity index (χ2v) is 3.21. The lowest BCUT2D eigenvalue weighted by Gasteiger charge is -2.08. The summed E-state index contributed by atoms with van der Waals surface area (Å²) in [4.78, 5) is 0. The minimum Gasteiger partial charge on any atom is -0.487 e. The number of nitrogens with two attached hydrogens (primary N) is 1. The van der Waals surface area contributed by atoms with Crippen molar-refractivity contribution in [1.29, 1.82) is 0 Å². The summed E-state index contributed by atoms with van der Waals surface area (Å²) in [5, 5.41) is 0.258. The van der Waals surface area contributed by atoms with E-state index < -0.39 is 5.82 Å². The van der Waals surface area contributed by atoms with Crippen molar-refractivity contribution >= 4 is 11.6 Å². The Bertz CT molecular complexity index is 289. The van der Waals surface area contributed by atoms with Gasteiger partial charge in [-0.2, -0.15) is 0 Å². The van der Waals surface area contributed by atoms with E-state index in [4.69, 9.17) is 26.8 Å². The first-order valence-electron chi connectivity index (χ1n) is 4.60. The molecule has 0 aliphatic carbocycles. The minimum atomic E-state index is -0.471. The van der Waals surface area contributed by atoms with Gasteiger partial charge in [0.25, 0.3) is 0 Å². The Labute approximate surface area is 92.9 Å². The first kappa shape index (κ1) is 12.2. The summed E-state index contributed by atoms with van der Waals surface area (Å²) in [6.07, 6.45) is 0. The molecule has 0 aliphatic heterocycles. The zero-order valence-corrected chi connectivity index (χ0v) is 8.97. The van der Waals surface area contributed by atoms with E-state index in [0.717, 1.165) is 0 Å². The predicted octanol–water partition coefficient (Wildman–Crippen LogP) is 1.83. The van der Waals surface area contributed by atoms with Crippen LogP contribution in [0.1, 0.15) is 0 Å². The predicted molar refractivity (Wildman–Crippen MR) is 56.8 cm³/mol. The van der Waals surface area contributed by atoms with Gasteiger partial charge >= 0.3 is 0 Å². The normalized spacial score (nSPS) is 10.3. The number of rotatable bonds is 6. The molecule has 2 N–H and O–H groups in total. The molecule has 0 fully saturated rings. The average Bonchev–Trinajstić information content (AvgIpc) is 2.21. The van der Waals surface area contributed by atoms with Gasteiger partial charge in [-0.1, -0.05) is 17.7 Å². The van der Waals surface area contributed by atoms with Gasteiger partial charge in [-0.25, -0.2) is 4.39 Å². The van der Waals surface area contributed by atoms with E-state index >= 15 is 0 Å². The third kappa shape index (κ3) is 4.03. The van der Waals surface area contributed by atoms with Gasteiger partial charge in [0, 0.05) is 6.54 Å². The van der Waals surface area contributed by atoms with Crippen LogP contribution in [0.2, 0.25) is 5.02 Å². The Morgan fingerprint density at radius 1 is 1.27 bits per heavy atom. The van der Waals surface area contributed by atoms with Gasteiger partial charge in [-0.15, -0.1) is 0 Å². The maximum atomic E-state index is 13.2. The van der Waals surface area contributed by atoms with Crippen molar-refractivity contribution in [3.8, 4) is 5.75 Å². The summed E-state index contributed by atoms with van der Waals surface area (Å²) in [5.41, 5.74) is 5.22. The summed E-state index contributed by atoms with van der Waals surface area (Å²) >= 11 is 5.74. The van der Waals surface area contributed by atoms with Gasteiger partial charge in [0.1, 0.15) is 6.61 Å². The summed E-state index contributed by atoms with van der Waals surface area (Å²) in [6, 6.07) is 4.39. The standard InChI is InChI=1S/C10H13ClFNO2/c11-8-2-1-3-9(12)10(8)15-7-6-14-5-4-13/h1-3H,4-7,13H2. The van der Waals surface area contributed by atoms with Crippen molar-refractivity contribution in [3.05, 3.63) is 29.0 Å². The molecule has 0 unspecified atom stereocenters. The van der Waals surface area contributed by atoms with Crippen LogP contribution in [0.4, 0.5) is 4.39 Å². The number of halogens is 2. The molecule has 0 saturated heterocycles. The van der Waals surface area contributed by atoms with Crippen molar-refractivity contribution in [3.63, 3.8) is 0 Å². The summed E-state index contributed by atoms with van der Waals surface area (Å²) in [5.74, 6) is -0.406. The topological polar surface area (TPSA) is 44.5 Å². The average molecular weight is 234 g/mol. The smallest absolute Gasteiger partial charge is 0.173 e. The molecule has 0 aromatic heterocycles. The Hall–Kier alpha value is -0.840. The van der Waals surface area contributed by atoms with Crippen LogP contribution >= 0.6 is 11.6 Å². The molecule has 15 heavy (non-hydrogen) atoms. The molecule has 3 nitrogen and oxygen atoms in total. The fourth-order valence-corrected chi connectivity index (χ4v) is 1.23. The molecular weight excluding hydrogens is 221 g/mol. The number of ether oxygens (including phenoxy) is 2. The van der Waals surface area contributed by atoms with Crippen LogP contribution in [0.25, 0.3) is 0 Å². The fraction of sp³-hybridized carbons (Fsp3) is 0.400. The van der Waals surface area contributed by atoms with Gasteiger partial charge in [0.2, 0.25) is 0 Å². The zero-order chi connectivity index (χ0) is 11.1. The summed E-state index contributed by atoms with van der Waals surface area (Å²) in [6.45, 7) is 1.54. The molecule has 0 saturated carbocycles. The van der Waals surface area contributed by atoms with E-state index in [1.807, 2.05) is 0 Å². The summed E-state index contributed by atoms with van der Waals surface area (Å²) < 4.78 is 23.4. The highest BCUT2D eigenvalue weighted by atomic mass is 35.5. The Morgan fingerprint density at radius 3 is 2.73 bits per heavy atom. The highest BCUT2D eigenvalue weighted by Gasteiger charge is 2.07. The van der Waals surface area contributed by atoms with Crippen molar-refractivity contribution in [2.24, 2.45) is 5.73 Å². The van der Waals surface area contributed by atoms with E-state index in [9.17, 15) is 4.39 Å². The second kappa shape index (κ2) is 6.61. The van der Waals surface area contributed by atoms with Crippen molar-refractivity contribution < 1.29 is 13.9 Å². The van der Waals surface area contributed by atoms with E-state index in [2.05, 4.69) is 0 Å². The molecule has 84 valence electrons. The molecule has 0 heterocycles. The molecule has 0 amide bonds. The number of benzene rings is 1.